The van der Waals surface area contributed by atoms with E-state index >= 15 is 8.78 Å². The molecule has 20 nitrogen and oxygen atoms in total. The first kappa shape index (κ1) is 62.0. The number of aliphatic hydroxyl groups is 1. The van der Waals surface area contributed by atoms with Crippen molar-refractivity contribution in [3.63, 3.8) is 0 Å². The summed E-state index contributed by atoms with van der Waals surface area (Å²) in [6, 6.07) is 8.10. The fraction of sp³-hybridized carbons (Fsp3) is 0.619. The number of piperazine rings is 1. The summed E-state index contributed by atoms with van der Waals surface area (Å²) >= 11 is 1.49. The fourth-order valence-corrected chi connectivity index (χ4v) is 14.4. The van der Waals surface area contributed by atoms with Gasteiger partial charge in [0, 0.05) is 94.0 Å². The van der Waals surface area contributed by atoms with Crippen molar-refractivity contribution in [1.82, 2.24) is 50.9 Å². The number of halogens is 3. The van der Waals surface area contributed by atoms with Crippen LogP contribution < -0.4 is 40.7 Å². The highest BCUT2D eigenvalue weighted by molar-refractivity contribution is 7.13. The number of ether oxygens (including phenoxy) is 1. The van der Waals surface area contributed by atoms with Crippen LogP contribution >= 0.6 is 11.3 Å². The Labute approximate surface area is 511 Å². The maximum absolute atomic E-state index is 15.9. The van der Waals surface area contributed by atoms with Crippen LogP contribution in [0.1, 0.15) is 109 Å². The van der Waals surface area contributed by atoms with Crippen molar-refractivity contribution in [2.45, 2.75) is 142 Å². The van der Waals surface area contributed by atoms with Gasteiger partial charge in [-0.05, 0) is 106 Å². The van der Waals surface area contributed by atoms with Gasteiger partial charge < -0.3 is 50.7 Å². The quantitative estimate of drug-likeness (QED) is 0.0778. The summed E-state index contributed by atoms with van der Waals surface area (Å²) in [5.41, 5.74) is 1.41. The van der Waals surface area contributed by atoms with Crippen LogP contribution in [0, 0.1) is 34.8 Å². The second-order valence-electron chi connectivity index (χ2n) is 27.5. The molecule has 0 radical (unpaired) electrons. The van der Waals surface area contributed by atoms with Gasteiger partial charge in [0.05, 0.1) is 53.0 Å². The first-order valence-electron chi connectivity index (χ1n) is 30.8. The molecule has 87 heavy (non-hydrogen) atoms. The molecular weight excluding hydrogens is 1140 g/mol. The number of carbonyl (C=O) groups excluding carboxylic acids is 5. The van der Waals surface area contributed by atoms with Crippen molar-refractivity contribution in [2.24, 2.45) is 16.2 Å². The van der Waals surface area contributed by atoms with Crippen molar-refractivity contribution >= 4 is 58.2 Å². The van der Waals surface area contributed by atoms with E-state index in [4.69, 9.17) is 9.72 Å². The Hall–Kier alpha value is -6.63. The van der Waals surface area contributed by atoms with E-state index in [1.807, 2.05) is 31.2 Å². The lowest BCUT2D eigenvalue weighted by molar-refractivity contribution is -0.145. The topological polar surface area (TPSA) is 221 Å². The fourth-order valence-electron chi connectivity index (χ4n) is 13.6. The monoisotopic (exact) mass is 1220 g/mol. The predicted octanol–water partition coefficient (Wildman–Crippen LogP) is 5.49. The second-order valence-corrected chi connectivity index (χ2v) is 28.4. The molecule has 470 valence electrons. The third kappa shape index (κ3) is 14.1. The van der Waals surface area contributed by atoms with Crippen molar-refractivity contribution in [2.75, 3.05) is 106 Å². The molecule has 2 aromatic carbocycles. The van der Waals surface area contributed by atoms with Gasteiger partial charge in [-0.2, -0.15) is 0 Å². The molecule has 0 unspecified atom stereocenters. The minimum atomic E-state index is -2.00. The maximum Gasteiger partial charge on any atom is 0.258 e. The predicted molar refractivity (Wildman–Crippen MR) is 325 cm³/mol. The highest BCUT2D eigenvalue weighted by Crippen LogP contribution is 2.43. The number of aliphatic hydroxyl groups excluding tert-OH is 1. The zero-order valence-corrected chi connectivity index (χ0v) is 51.8. The van der Waals surface area contributed by atoms with Crippen LogP contribution in [0.2, 0.25) is 0 Å². The maximum atomic E-state index is 15.9. The van der Waals surface area contributed by atoms with E-state index in [-0.39, 0.29) is 86.9 Å². The van der Waals surface area contributed by atoms with Crippen LogP contribution in [0.5, 0.6) is 5.75 Å². The second kappa shape index (κ2) is 24.7. The van der Waals surface area contributed by atoms with Crippen molar-refractivity contribution in [3.05, 3.63) is 76.7 Å². The number of nitrogens with one attached hydrogen (secondary N) is 4. The molecule has 2 spiro atoms. The number of anilines is 3. The highest BCUT2D eigenvalue weighted by Gasteiger charge is 2.54. The lowest BCUT2D eigenvalue weighted by atomic mass is 9.82. The first-order chi connectivity index (χ1) is 41.3. The third-order valence-corrected chi connectivity index (χ3v) is 20.2. The number of rotatable bonds is 18. The van der Waals surface area contributed by atoms with Gasteiger partial charge in [0.2, 0.25) is 23.6 Å². The SMILES string of the molecule is Cc1ncsc1-c1ccc(CNC(=O)[C@@H]2C[C@@H](O)CN2C(=O)[C@@H](NC(=O)C2(F)CC2)C(C)(C)C)c(OCCNC(=O)CN2CC[C@]3(CCN(c4cc(N5CCC6(CC5)CN(c5cc(F)c(CN7CCC(C)(C)CC7)cc5F)CC(=O)N6)ncn4)C3)C2)c1. The van der Waals surface area contributed by atoms with Gasteiger partial charge >= 0.3 is 0 Å². The number of hydrogen-bond acceptors (Lipinski definition) is 16. The van der Waals surface area contributed by atoms with Crippen molar-refractivity contribution < 1.29 is 47.0 Å². The number of amides is 5. The van der Waals surface area contributed by atoms with Crippen LogP contribution in [0.3, 0.4) is 0 Å². The molecule has 6 saturated heterocycles. The number of β-amino-alcohol motifs (C(OH)–C–C–N with tert-alkyl or cyclic N) is 1. The molecular formula is C63H84F3N13O7S. The number of likely N-dealkylation sites (tertiary alicyclic amines) is 3. The lowest BCUT2D eigenvalue weighted by Gasteiger charge is -2.48. The van der Waals surface area contributed by atoms with Gasteiger partial charge in [-0.1, -0.05) is 46.8 Å². The Morgan fingerprint density at radius 3 is 2.25 bits per heavy atom. The molecule has 1 aliphatic carbocycles. The number of piperidine rings is 2. The molecule has 24 heteroatoms. The zero-order valence-electron chi connectivity index (χ0n) is 51.0. The Balaban J connectivity index is 0.646. The Kier molecular flexibility index (Phi) is 17.6. The van der Waals surface area contributed by atoms with Crippen LogP contribution in [-0.2, 0) is 37.1 Å². The standard InChI is InChI=1S/C63H84F3N13O7S/c1-40-54(87-39-71-40)41-7-8-42(30-68-56(83)48-27-44(80)32-79(48)57(84)55(59(2,3)4)72-58(85)63(66)9-10-63)49(26-41)86-24-17-67-52(81)33-75-20-13-61(35-75)14-21-77(36-61)51-29-50(69-38-70-51)76-22-15-62(16-23-76)37-78(34-53(82)73-62)47-28-45(64)43(25-46(47)65)31-74-18-11-60(5,6)12-19-74/h7-8,25-26,28-29,38-39,44,48,55,80H,9-24,27,30-37H2,1-6H3,(H,67,81)(H,68,83)(H,72,85)(H,73,82)/t44-,48+,55-,61+/m1/s1. The van der Waals surface area contributed by atoms with E-state index in [1.165, 1.54) is 28.4 Å². The summed E-state index contributed by atoms with van der Waals surface area (Å²) in [6.45, 7) is 18.9. The normalized spacial score (nSPS) is 23.9. The molecule has 7 fully saturated rings. The van der Waals surface area contributed by atoms with Crippen molar-refractivity contribution in [3.8, 4) is 16.2 Å². The summed E-state index contributed by atoms with van der Waals surface area (Å²) in [7, 11) is 0. The number of thiazole rings is 1. The molecule has 8 heterocycles. The van der Waals surface area contributed by atoms with Gasteiger partial charge in [0.25, 0.3) is 5.91 Å². The molecule has 2 aromatic heterocycles. The van der Waals surface area contributed by atoms with E-state index < -0.39 is 64.2 Å². The molecule has 4 atom stereocenters. The Morgan fingerprint density at radius 1 is 0.828 bits per heavy atom. The van der Waals surface area contributed by atoms with Crippen LogP contribution in [-0.4, -0.2) is 185 Å². The lowest BCUT2D eigenvalue weighted by Crippen LogP contribution is -2.66. The number of aromatic nitrogens is 3. The number of aryl methyl sites for hydroxylation is 1. The molecule has 11 rings (SSSR count). The molecule has 1 saturated carbocycles. The average Bonchev–Trinajstić information content (AvgIpc) is 2.19. The average molecular weight is 1220 g/mol. The first-order valence-corrected chi connectivity index (χ1v) is 31.7. The van der Waals surface area contributed by atoms with Gasteiger partial charge in [-0.3, -0.25) is 33.8 Å². The van der Waals surface area contributed by atoms with E-state index in [0.717, 1.165) is 92.7 Å². The Bertz CT molecular complexity index is 3230. The number of benzene rings is 2. The minimum absolute atomic E-state index is 0.00857. The molecule has 6 aliphatic heterocycles. The van der Waals surface area contributed by atoms with Crippen LogP contribution in [0.15, 0.2) is 48.2 Å². The van der Waals surface area contributed by atoms with Crippen LogP contribution in [0.4, 0.5) is 30.5 Å². The molecule has 0 bridgehead atoms. The summed E-state index contributed by atoms with van der Waals surface area (Å²) < 4.78 is 52.6. The molecule has 5 N–H and O–H groups in total. The van der Waals surface area contributed by atoms with Gasteiger partial charge in [-0.25, -0.2) is 28.1 Å². The van der Waals surface area contributed by atoms with Gasteiger partial charge in [0.15, 0.2) is 5.67 Å². The van der Waals surface area contributed by atoms with Crippen LogP contribution in [0.25, 0.3) is 10.4 Å². The summed E-state index contributed by atoms with van der Waals surface area (Å²) in [6.07, 6.45) is 5.90. The molecule has 7 aliphatic rings. The summed E-state index contributed by atoms with van der Waals surface area (Å²) in [5, 5.41) is 22.5. The van der Waals surface area contributed by atoms with E-state index in [0.29, 0.717) is 55.9 Å². The zero-order chi connectivity index (χ0) is 61.6. The summed E-state index contributed by atoms with van der Waals surface area (Å²) in [5.74, 6) is -1.11. The molecule has 5 amide bonds. The van der Waals surface area contributed by atoms with E-state index in [2.05, 4.69) is 64.7 Å². The summed E-state index contributed by atoms with van der Waals surface area (Å²) in [4.78, 5) is 94.0. The highest BCUT2D eigenvalue weighted by atomic mass is 32.1. The smallest absolute Gasteiger partial charge is 0.258 e. The van der Waals surface area contributed by atoms with E-state index in [9.17, 15) is 33.5 Å². The van der Waals surface area contributed by atoms with E-state index in [1.54, 1.807) is 37.5 Å². The van der Waals surface area contributed by atoms with Crippen molar-refractivity contribution in [1.29, 1.82) is 0 Å². The number of alkyl halides is 1. The third-order valence-electron chi connectivity index (χ3n) is 19.2. The number of nitrogens with zero attached hydrogens (tertiary/aromatic N) is 9. The minimum Gasteiger partial charge on any atom is -0.491 e. The number of hydrogen-bond donors (Lipinski definition) is 5. The number of carbonyl (C=O) groups is 5. The Morgan fingerprint density at radius 2 is 1.54 bits per heavy atom. The van der Waals surface area contributed by atoms with Gasteiger partial charge in [0.1, 0.15) is 54.0 Å². The van der Waals surface area contributed by atoms with Gasteiger partial charge in [-0.15, -0.1) is 11.3 Å². The largest absolute Gasteiger partial charge is 0.491 e. The molecule has 4 aromatic rings.